The van der Waals surface area contributed by atoms with Crippen LogP contribution in [0.25, 0.3) is 0 Å². The summed E-state index contributed by atoms with van der Waals surface area (Å²) in [7, 11) is 1.77. The van der Waals surface area contributed by atoms with Crippen LogP contribution in [0.5, 0.6) is 0 Å². The Morgan fingerprint density at radius 2 is 2.16 bits per heavy atom. The smallest absolute Gasteiger partial charge is 0.144 e. The molecule has 1 heterocycles. The molecular formula is C19H29N5O. The van der Waals surface area contributed by atoms with Gasteiger partial charge in [0.25, 0.3) is 0 Å². The van der Waals surface area contributed by atoms with Gasteiger partial charge in [0, 0.05) is 20.1 Å². The zero-order valence-electron chi connectivity index (χ0n) is 15.6. The number of nitrogens with zero attached hydrogens (tertiary/aromatic N) is 2. The maximum atomic E-state index is 10.8. The summed E-state index contributed by atoms with van der Waals surface area (Å²) in [5.74, 6) is 0.815. The highest BCUT2D eigenvalue weighted by Gasteiger charge is 2.23. The molecule has 0 radical (unpaired) electrons. The van der Waals surface area contributed by atoms with Crippen LogP contribution in [0.1, 0.15) is 44.4 Å². The van der Waals surface area contributed by atoms with Gasteiger partial charge in [-0.2, -0.15) is 4.91 Å². The van der Waals surface area contributed by atoms with Crippen molar-refractivity contribution < 1.29 is 0 Å². The Morgan fingerprint density at radius 3 is 2.84 bits per heavy atom. The zero-order valence-corrected chi connectivity index (χ0v) is 15.6. The molecule has 0 saturated heterocycles. The molecular weight excluding hydrogens is 314 g/mol. The number of amidine groups is 1. The minimum atomic E-state index is -0.642. The Labute approximate surface area is 150 Å². The van der Waals surface area contributed by atoms with Crippen LogP contribution in [0.3, 0.4) is 0 Å². The Bertz CT molecular complexity index is 651. The second-order valence-corrected chi connectivity index (χ2v) is 6.91. The zero-order chi connectivity index (χ0) is 18.3. The molecule has 6 nitrogen and oxygen atoms in total. The highest BCUT2D eigenvalue weighted by molar-refractivity contribution is 5.98. The topological polar surface area (TPSA) is 77.9 Å². The normalized spacial score (nSPS) is 19.3. The van der Waals surface area contributed by atoms with Crippen molar-refractivity contribution in [2.24, 2.45) is 10.2 Å². The Balaban J connectivity index is 2.08. The second-order valence-electron chi connectivity index (χ2n) is 6.91. The van der Waals surface area contributed by atoms with E-state index >= 15 is 0 Å². The molecule has 1 aliphatic heterocycles. The summed E-state index contributed by atoms with van der Waals surface area (Å²) in [5, 5.41) is 13.3. The first-order chi connectivity index (χ1) is 12.0. The first-order valence-corrected chi connectivity index (χ1v) is 8.81. The van der Waals surface area contributed by atoms with Gasteiger partial charge in [0.2, 0.25) is 0 Å². The summed E-state index contributed by atoms with van der Waals surface area (Å²) in [6, 6.07) is 8.82. The third-order valence-electron chi connectivity index (χ3n) is 4.24. The maximum Gasteiger partial charge on any atom is 0.144 e. The first kappa shape index (κ1) is 19.1. The van der Waals surface area contributed by atoms with Crippen molar-refractivity contribution in [3.8, 4) is 0 Å². The van der Waals surface area contributed by atoms with E-state index in [1.54, 1.807) is 7.05 Å². The van der Waals surface area contributed by atoms with Gasteiger partial charge in [-0.1, -0.05) is 42.4 Å². The minimum absolute atomic E-state index is 0.197. The van der Waals surface area contributed by atoms with E-state index in [9.17, 15) is 4.91 Å². The van der Waals surface area contributed by atoms with E-state index in [2.05, 4.69) is 63.4 Å². The molecule has 3 N–H and O–H groups in total. The van der Waals surface area contributed by atoms with Gasteiger partial charge in [-0.25, -0.2) is 0 Å². The van der Waals surface area contributed by atoms with E-state index in [0.29, 0.717) is 6.54 Å². The molecule has 1 aliphatic rings. The van der Waals surface area contributed by atoms with Crippen molar-refractivity contribution >= 4 is 5.84 Å². The molecule has 0 bridgehead atoms. The van der Waals surface area contributed by atoms with Crippen LogP contribution in [0.2, 0.25) is 0 Å². The molecule has 1 aromatic carbocycles. The lowest BCUT2D eigenvalue weighted by atomic mass is 9.97. The molecule has 1 aromatic rings. The van der Waals surface area contributed by atoms with Crippen LogP contribution in [0, 0.1) is 4.91 Å². The van der Waals surface area contributed by atoms with Crippen LogP contribution >= 0.6 is 0 Å². The van der Waals surface area contributed by atoms with Crippen molar-refractivity contribution in [1.82, 2.24) is 16.0 Å². The van der Waals surface area contributed by atoms with E-state index in [-0.39, 0.29) is 6.04 Å². The van der Waals surface area contributed by atoms with Gasteiger partial charge in [-0.3, -0.25) is 4.99 Å². The van der Waals surface area contributed by atoms with E-state index in [1.165, 1.54) is 11.1 Å². The van der Waals surface area contributed by atoms with Crippen LogP contribution in [0.4, 0.5) is 0 Å². The van der Waals surface area contributed by atoms with Gasteiger partial charge >= 0.3 is 0 Å². The average molecular weight is 343 g/mol. The average Bonchev–Trinajstić information content (AvgIpc) is 2.64. The maximum absolute atomic E-state index is 10.8. The number of rotatable bonds is 8. The fourth-order valence-electron chi connectivity index (χ4n) is 2.73. The molecule has 1 atom stereocenters. The largest absolute Gasteiger partial charge is 0.380 e. The molecule has 0 fully saturated rings. The number of hydrogen-bond donors (Lipinski definition) is 3. The summed E-state index contributed by atoms with van der Waals surface area (Å²) < 4.78 is 0. The highest BCUT2D eigenvalue weighted by Crippen LogP contribution is 2.23. The van der Waals surface area contributed by atoms with E-state index in [1.807, 2.05) is 13.8 Å². The minimum Gasteiger partial charge on any atom is -0.380 e. The number of benzene rings is 1. The molecule has 2 rings (SSSR count). The molecule has 0 amide bonds. The summed E-state index contributed by atoms with van der Waals surface area (Å²) in [5.41, 5.74) is 2.82. The number of nitroso groups, excluding NO2 is 1. The van der Waals surface area contributed by atoms with Crippen molar-refractivity contribution in [2.75, 3.05) is 20.1 Å². The Kier molecular flexibility index (Phi) is 6.70. The van der Waals surface area contributed by atoms with Crippen LogP contribution in [-0.2, 0) is 6.54 Å². The first-order valence-electron chi connectivity index (χ1n) is 8.81. The SMILES string of the molecule is CCNCc1cccc(C2CC=C(NCC(C)(C)N=O)C(=NC)N2)c1. The summed E-state index contributed by atoms with van der Waals surface area (Å²) in [6.45, 7) is 8.05. The predicted octanol–water partition coefficient (Wildman–Crippen LogP) is 2.88. The molecule has 0 aliphatic carbocycles. The molecule has 0 spiro atoms. The molecule has 0 aromatic heterocycles. The van der Waals surface area contributed by atoms with Crippen LogP contribution in [-0.4, -0.2) is 31.5 Å². The lowest BCUT2D eigenvalue weighted by Crippen LogP contribution is -2.41. The monoisotopic (exact) mass is 343 g/mol. The molecule has 25 heavy (non-hydrogen) atoms. The van der Waals surface area contributed by atoms with Crippen molar-refractivity contribution in [3.05, 3.63) is 52.1 Å². The molecule has 1 unspecified atom stereocenters. The van der Waals surface area contributed by atoms with Gasteiger partial charge in [0.1, 0.15) is 11.4 Å². The molecule has 6 heteroatoms. The van der Waals surface area contributed by atoms with E-state index < -0.39 is 5.54 Å². The molecule has 0 saturated carbocycles. The second kappa shape index (κ2) is 8.76. The summed E-state index contributed by atoms with van der Waals surface area (Å²) in [6.07, 6.45) is 3.00. The van der Waals surface area contributed by atoms with E-state index in [0.717, 1.165) is 31.0 Å². The van der Waals surface area contributed by atoms with E-state index in [4.69, 9.17) is 0 Å². The fraction of sp³-hybridized carbons (Fsp3) is 0.526. The van der Waals surface area contributed by atoms with Crippen molar-refractivity contribution in [2.45, 2.75) is 45.3 Å². The third-order valence-corrected chi connectivity index (χ3v) is 4.24. The van der Waals surface area contributed by atoms with Crippen LogP contribution < -0.4 is 16.0 Å². The third kappa shape index (κ3) is 5.39. The lowest BCUT2D eigenvalue weighted by Gasteiger charge is -2.28. The van der Waals surface area contributed by atoms with Gasteiger partial charge in [0.15, 0.2) is 0 Å². The Morgan fingerprint density at radius 1 is 1.36 bits per heavy atom. The van der Waals surface area contributed by atoms with Gasteiger partial charge in [-0.15, -0.1) is 0 Å². The highest BCUT2D eigenvalue weighted by atomic mass is 16.3. The van der Waals surface area contributed by atoms with Gasteiger partial charge in [0.05, 0.1) is 11.7 Å². The van der Waals surface area contributed by atoms with Crippen molar-refractivity contribution in [1.29, 1.82) is 0 Å². The fourth-order valence-corrected chi connectivity index (χ4v) is 2.73. The van der Waals surface area contributed by atoms with Crippen molar-refractivity contribution in [3.63, 3.8) is 0 Å². The lowest BCUT2D eigenvalue weighted by molar-refractivity contribution is 0.490. The molecule has 136 valence electrons. The van der Waals surface area contributed by atoms with Crippen LogP contribution in [0.15, 0.2) is 46.2 Å². The Hall–Kier alpha value is -2.21. The van der Waals surface area contributed by atoms with Gasteiger partial charge in [-0.05, 0) is 37.9 Å². The standard InChI is InChI=1S/C19H29N5O/c1-5-21-12-14-7-6-8-15(11-14)16-9-10-17(18(20-4)23-16)22-13-19(2,3)24-25/h6-8,10-11,16,21-22H,5,9,12-13H2,1-4H3,(H,20,23). The summed E-state index contributed by atoms with van der Waals surface area (Å²) >= 11 is 0. The van der Waals surface area contributed by atoms with Gasteiger partial charge < -0.3 is 16.0 Å². The predicted molar refractivity (Wildman–Crippen MR) is 104 cm³/mol. The quantitative estimate of drug-likeness (QED) is 0.634. The summed E-state index contributed by atoms with van der Waals surface area (Å²) in [4.78, 5) is 15.2. The number of aliphatic imine (C=N–C) groups is 1. The number of nitrogens with one attached hydrogen (secondary N) is 3. The number of hydrogen-bond acceptors (Lipinski definition) is 5.